The highest BCUT2D eigenvalue weighted by atomic mass is 19.1. The van der Waals surface area contributed by atoms with Gasteiger partial charge < -0.3 is 10.5 Å². The molecule has 0 fully saturated rings. The maximum atomic E-state index is 13.8. The maximum Gasteiger partial charge on any atom is 0.142 e. The predicted octanol–water partition coefficient (Wildman–Crippen LogP) is 2.59. The topological polar surface area (TPSA) is 59.0 Å². The highest BCUT2D eigenvalue weighted by Gasteiger charge is 2.03. The molecular weight excluding hydrogens is 267 g/mol. The van der Waals surface area contributed by atoms with Crippen molar-refractivity contribution in [1.82, 2.24) is 0 Å². The summed E-state index contributed by atoms with van der Waals surface area (Å²) in [4.78, 5) is 0. The molecule has 0 aromatic heterocycles. The lowest BCUT2D eigenvalue weighted by atomic mass is 10.1. The van der Waals surface area contributed by atoms with Crippen LogP contribution in [0.4, 0.5) is 4.39 Å². The first-order chi connectivity index (χ1) is 10.2. The summed E-state index contributed by atoms with van der Waals surface area (Å²) in [5, 5.41) is 8.82. The molecule has 4 heteroatoms. The Labute approximate surface area is 122 Å². The van der Waals surface area contributed by atoms with Gasteiger partial charge in [-0.25, -0.2) is 4.39 Å². The minimum atomic E-state index is -0.445. The van der Waals surface area contributed by atoms with Crippen molar-refractivity contribution < 1.29 is 9.13 Å². The maximum absolute atomic E-state index is 13.8. The van der Waals surface area contributed by atoms with Crippen molar-refractivity contribution in [2.24, 2.45) is 5.73 Å². The summed E-state index contributed by atoms with van der Waals surface area (Å²) in [6.07, 6.45) is 0. The molecule has 21 heavy (non-hydrogen) atoms. The van der Waals surface area contributed by atoms with Gasteiger partial charge in [0.25, 0.3) is 0 Å². The molecular formula is C17H13FN2O. The summed E-state index contributed by atoms with van der Waals surface area (Å²) in [6, 6.07) is 13.6. The number of benzene rings is 2. The quantitative estimate of drug-likeness (QED) is 0.879. The average Bonchev–Trinajstić information content (AvgIpc) is 2.52. The average molecular weight is 280 g/mol. The largest absolute Gasteiger partial charge is 0.489 e. The van der Waals surface area contributed by atoms with E-state index in [0.29, 0.717) is 16.9 Å². The molecule has 0 saturated heterocycles. The molecule has 0 radical (unpaired) electrons. The zero-order chi connectivity index (χ0) is 15.1. The van der Waals surface area contributed by atoms with Gasteiger partial charge in [-0.05, 0) is 29.8 Å². The van der Waals surface area contributed by atoms with Crippen LogP contribution >= 0.6 is 0 Å². The van der Waals surface area contributed by atoms with Crippen molar-refractivity contribution in [2.45, 2.75) is 6.61 Å². The Balaban J connectivity index is 2.07. The Morgan fingerprint density at radius 1 is 1.19 bits per heavy atom. The smallest absolute Gasteiger partial charge is 0.142 e. The first-order valence-electron chi connectivity index (χ1n) is 6.33. The second kappa shape index (κ2) is 7.09. The number of nitrogens with two attached hydrogens (primary N) is 1. The van der Waals surface area contributed by atoms with E-state index in [1.54, 1.807) is 30.3 Å². The minimum Gasteiger partial charge on any atom is -0.489 e. The van der Waals surface area contributed by atoms with E-state index in [0.717, 1.165) is 5.56 Å². The number of ether oxygens (including phenoxy) is 1. The molecule has 3 nitrogen and oxygen atoms in total. The molecule has 2 N–H and O–H groups in total. The molecule has 0 aliphatic carbocycles. The summed E-state index contributed by atoms with van der Waals surface area (Å²) < 4.78 is 19.3. The van der Waals surface area contributed by atoms with E-state index in [9.17, 15) is 4.39 Å². The fourth-order valence-electron chi connectivity index (χ4n) is 1.73. The first kappa shape index (κ1) is 14.6. The third-order valence-electron chi connectivity index (χ3n) is 2.73. The van der Waals surface area contributed by atoms with Crippen LogP contribution in [-0.2, 0) is 6.61 Å². The minimum absolute atomic E-state index is 0.187. The molecule has 2 aromatic rings. The van der Waals surface area contributed by atoms with Crippen molar-refractivity contribution in [1.29, 1.82) is 5.26 Å². The Morgan fingerprint density at radius 3 is 2.76 bits per heavy atom. The first-order valence-corrected chi connectivity index (χ1v) is 6.33. The number of hydrogen-bond acceptors (Lipinski definition) is 3. The number of rotatable bonds is 3. The normalized spacial score (nSPS) is 9.38. The molecule has 0 amide bonds. The molecule has 2 rings (SSSR count). The number of hydrogen-bond donors (Lipinski definition) is 1. The fraction of sp³-hybridized carbons (Fsp3) is 0.118. The SMILES string of the molecule is N#Cc1cccc(COc2ccc(C#CCN)c(F)c2)c1. The zero-order valence-corrected chi connectivity index (χ0v) is 11.3. The monoisotopic (exact) mass is 280 g/mol. The van der Waals surface area contributed by atoms with E-state index in [-0.39, 0.29) is 13.2 Å². The summed E-state index contributed by atoms with van der Waals surface area (Å²) in [6.45, 7) is 0.454. The van der Waals surface area contributed by atoms with Crippen LogP contribution in [0.2, 0.25) is 0 Å². The summed E-state index contributed by atoms with van der Waals surface area (Å²) in [5.74, 6) is 5.21. The van der Waals surface area contributed by atoms with Crippen LogP contribution < -0.4 is 10.5 Å². The van der Waals surface area contributed by atoms with E-state index in [4.69, 9.17) is 15.7 Å². The van der Waals surface area contributed by atoms with Gasteiger partial charge in [0.1, 0.15) is 18.2 Å². The summed E-state index contributed by atoms with van der Waals surface area (Å²) in [5.41, 5.74) is 6.95. The second-order valence-electron chi connectivity index (χ2n) is 4.25. The predicted molar refractivity (Wildman–Crippen MR) is 77.8 cm³/mol. The highest BCUT2D eigenvalue weighted by molar-refractivity contribution is 5.40. The molecule has 0 heterocycles. The Bertz CT molecular complexity index is 738. The van der Waals surface area contributed by atoms with Gasteiger partial charge in [0.15, 0.2) is 0 Å². The molecule has 0 unspecified atom stereocenters. The number of nitrogens with zero attached hydrogens (tertiary/aromatic N) is 1. The standard InChI is InChI=1S/C17H13FN2O/c18-17-10-16(7-6-15(17)5-2-8-19)21-12-14-4-1-3-13(9-14)11-20/h1,3-4,6-7,9-10H,8,12,19H2. The Hall–Kier alpha value is -2.82. The van der Waals surface area contributed by atoms with Crippen molar-refractivity contribution in [3.63, 3.8) is 0 Å². The van der Waals surface area contributed by atoms with E-state index >= 15 is 0 Å². The van der Waals surface area contributed by atoms with Crippen LogP contribution in [0.25, 0.3) is 0 Å². The van der Waals surface area contributed by atoms with Crippen LogP contribution in [0.5, 0.6) is 5.75 Å². The van der Waals surface area contributed by atoms with E-state index in [1.807, 2.05) is 6.07 Å². The van der Waals surface area contributed by atoms with Crippen LogP contribution in [0, 0.1) is 29.0 Å². The van der Waals surface area contributed by atoms with Crippen LogP contribution in [-0.4, -0.2) is 6.54 Å². The summed E-state index contributed by atoms with van der Waals surface area (Å²) >= 11 is 0. The number of halogens is 1. The lowest BCUT2D eigenvalue weighted by Crippen LogP contribution is -1.97. The van der Waals surface area contributed by atoms with Gasteiger partial charge in [-0.2, -0.15) is 5.26 Å². The molecule has 0 saturated carbocycles. The van der Waals surface area contributed by atoms with Crippen LogP contribution in [0.1, 0.15) is 16.7 Å². The van der Waals surface area contributed by atoms with Gasteiger partial charge in [0.05, 0.1) is 23.7 Å². The van der Waals surface area contributed by atoms with Crippen molar-refractivity contribution in [2.75, 3.05) is 6.54 Å². The van der Waals surface area contributed by atoms with E-state index < -0.39 is 5.82 Å². The van der Waals surface area contributed by atoms with Crippen LogP contribution in [0.3, 0.4) is 0 Å². The lowest BCUT2D eigenvalue weighted by Gasteiger charge is -2.07. The van der Waals surface area contributed by atoms with E-state index in [2.05, 4.69) is 17.9 Å². The molecule has 0 atom stereocenters. The Kier molecular flexibility index (Phi) is 4.93. The van der Waals surface area contributed by atoms with Gasteiger partial charge in [-0.15, -0.1) is 0 Å². The highest BCUT2D eigenvalue weighted by Crippen LogP contribution is 2.17. The van der Waals surface area contributed by atoms with Gasteiger partial charge in [-0.1, -0.05) is 24.0 Å². The fourth-order valence-corrected chi connectivity index (χ4v) is 1.73. The lowest BCUT2D eigenvalue weighted by molar-refractivity contribution is 0.304. The second-order valence-corrected chi connectivity index (χ2v) is 4.25. The molecule has 0 aliphatic heterocycles. The Morgan fingerprint density at radius 2 is 2.05 bits per heavy atom. The van der Waals surface area contributed by atoms with Gasteiger partial charge in [0.2, 0.25) is 0 Å². The molecule has 0 spiro atoms. The van der Waals surface area contributed by atoms with E-state index in [1.165, 1.54) is 6.07 Å². The third-order valence-corrected chi connectivity index (χ3v) is 2.73. The zero-order valence-electron chi connectivity index (χ0n) is 11.3. The van der Waals surface area contributed by atoms with Crippen molar-refractivity contribution >= 4 is 0 Å². The van der Waals surface area contributed by atoms with Crippen molar-refractivity contribution in [3.8, 4) is 23.7 Å². The van der Waals surface area contributed by atoms with Crippen LogP contribution in [0.15, 0.2) is 42.5 Å². The number of nitriles is 1. The van der Waals surface area contributed by atoms with Crippen molar-refractivity contribution in [3.05, 3.63) is 65.0 Å². The molecule has 104 valence electrons. The molecule has 0 aliphatic rings. The van der Waals surface area contributed by atoms with Gasteiger partial charge in [-0.3, -0.25) is 0 Å². The van der Waals surface area contributed by atoms with Gasteiger partial charge >= 0.3 is 0 Å². The third kappa shape index (κ3) is 4.07. The molecule has 0 bridgehead atoms. The van der Waals surface area contributed by atoms with Gasteiger partial charge in [0, 0.05) is 6.07 Å². The summed E-state index contributed by atoms with van der Waals surface area (Å²) in [7, 11) is 0. The molecule has 2 aromatic carbocycles.